The molecule has 58 valence electrons. The molecule has 12 heavy (non-hydrogen) atoms. The van der Waals surface area contributed by atoms with E-state index in [1.54, 1.807) is 0 Å². The van der Waals surface area contributed by atoms with Crippen molar-refractivity contribution in [3.8, 4) is 0 Å². The van der Waals surface area contributed by atoms with Gasteiger partial charge in [-0.25, -0.2) is 0 Å². The minimum absolute atomic E-state index is 1.33. The summed E-state index contributed by atoms with van der Waals surface area (Å²) >= 11 is 0. The van der Waals surface area contributed by atoms with Gasteiger partial charge in [0.1, 0.15) is 7.85 Å². The van der Waals surface area contributed by atoms with Gasteiger partial charge in [0.2, 0.25) is 0 Å². The lowest BCUT2D eigenvalue weighted by molar-refractivity contribution is 1.51. The maximum atomic E-state index is 2.22. The molecule has 0 radical (unpaired) electrons. The molecule has 0 spiro atoms. The Labute approximate surface area is 73.6 Å². The van der Waals surface area contributed by atoms with E-state index in [0.717, 1.165) is 0 Å². The minimum atomic E-state index is 1.33. The summed E-state index contributed by atoms with van der Waals surface area (Å²) in [5.41, 5.74) is 2.68. The highest BCUT2D eigenvalue weighted by Crippen LogP contribution is 2.12. The highest BCUT2D eigenvalue weighted by Gasteiger charge is 1.94. The first kappa shape index (κ1) is 7.42. The molecule has 0 heterocycles. The molecule has 0 aliphatic heterocycles. The zero-order valence-electron chi connectivity index (χ0n) is 7.46. The lowest BCUT2D eigenvalue weighted by atomic mass is 9.90. The Morgan fingerprint density at radius 1 is 1.08 bits per heavy atom. The Morgan fingerprint density at radius 3 is 2.75 bits per heavy atom. The fraction of sp³-hybridized carbons (Fsp3) is 0.0909. The molecule has 0 atom stereocenters. The average Bonchev–Trinajstić information content (AvgIpc) is 2.04. The Morgan fingerprint density at radius 2 is 1.92 bits per heavy atom. The number of fused-ring (bicyclic) bond motifs is 1. The quantitative estimate of drug-likeness (QED) is 0.503. The van der Waals surface area contributed by atoms with Crippen LogP contribution < -0.4 is 5.46 Å². The minimum Gasteiger partial charge on any atom is -0.0813 e. The Balaban J connectivity index is 2.86. The molecule has 0 amide bonds. The zero-order chi connectivity index (χ0) is 8.55. The smallest absolute Gasteiger partial charge is 0.0813 e. The molecule has 0 unspecified atom stereocenters. The van der Waals surface area contributed by atoms with Gasteiger partial charge in [-0.3, -0.25) is 0 Å². The molecule has 0 aromatic heterocycles. The van der Waals surface area contributed by atoms with Crippen molar-refractivity contribution in [2.24, 2.45) is 0 Å². The number of aryl methyl sites for hydroxylation is 1. The van der Waals surface area contributed by atoms with Gasteiger partial charge in [0, 0.05) is 0 Å². The van der Waals surface area contributed by atoms with E-state index in [1.807, 2.05) is 0 Å². The van der Waals surface area contributed by atoms with Gasteiger partial charge in [-0.15, -0.1) is 0 Å². The van der Waals surface area contributed by atoms with Crippen LogP contribution in [0.25, 0.3) is 10.8 Å². The van der Waals surface area contributed by atoms with Crippen LogP contribution in [0, 0.1) is 6.92 Å². The van der Waals surface area contributed by atoms with Crippen molar-refractivity contribution in [1.29, 1.82) is 0 Å². The van der Waals surface area contributed by atoms with Gasteiger partial charge < -0.3 is 0 Å². The first-order valence-corrected chi connectivity index (χ1v) is 4.23. The van der Waals surface area contributed by atoms with Gasteiger partial charge in [0.15, 0.2) is 0 Å². The number of rotatable bonds is 0. The summed E-state index contributed by atoms with van der Waals surface area (Å²) in [6.45, 7) is 2.13. The molecule has 0 aliphatic rings. The van der Waals surface area contributed by atoms with Crippen LogP contribution in [0.15, 0.2) is 36.4 Å². The van der Waals surface area contributed by atoms with Crippen molar-refractivity contribution in [2.75, 3.05) is 0 Å². The van der Waals surface area contributed by atoms with Crippen molar-refractivity contribution >= 4 is 24.1 Å². The van der Waals surface area contributed by atoms with E-state index in [9.17, 15) is 0 Å². The van der Waals surface area contributed by atoms with Crippen molar-refractivity contribution in [1.82, 2.24) is 0 Å². The first-order chi connectivity index (χ1) is 5.77. The highest BCUT2D eigenvalue weighted by molar-refractivity contribution is 6.38. The van der Waals surface area contributed by atoms with E-state index in [1.165, 1.54) is 21.8 Å². The molecule has 0 fully saturated rings. The van der Waals surface area contributed by atoms with Crippen LogP contribution in [0.4, 0.5) is 0 Å². The highest BCUT2D eigenvalue weighted by atomic mass is 14.0. The third-order valence-corrected chi connectivity index (χ3v) is 2.25. The van der Waals surface area contributed by atoms with Gasteiger partial charge in [0.25, 0.3) is 0 Å². The predicted octanol–water partition coefficient (Wildman–Crippen LogP) is 1.41. The SMILES string of the molecule is Bc1cccc2cc(C)ccc12. The molecular formula is C11H11B. The molecule has 2 aromatic rings. The zero-order valence-corrected chi connectivity index (χ0v) is 7.46. The van der Waals surface area contributed by atoms with Crippen LogP contribution in [-0.4, -0.2) is 7.85 Å². The summed E-state index contributed by atoms with van der Waals surface area (Å²) in [6, 6.07) is 13.0. The fourth-order valence-electron chi connectivity index (χ4n) is 1.57. The van der Waals surface area contributed by atoms with Gasteiger partial charge in [0.05, 0.1) is 0 Å². The molecule has 2 rings (SSSR count). The maximum absolute atomic E-state index is 2.22. The maximum Gasteiger partial charge on any atom is 0.140 e. The summed E-state index contributed by atoms with van der Waals surface area (Å²) < 4.78 is 0. The summed E-state index contributed by atoms with van der Waals surface area (Å²) in [6.07, 6.45) is 0. The van der Waals surface area contributed by atoms with Crippen LogP contribution in [-0.2, 0) is 0 Å². The summed E-state index contributed by atoms with van der Waals surface area (Å²) in [5.74, 6) is 0. The third-order valence-electron chi connectivity index (χ3n) is 2.25. The van der Waals surface area contributed by atoms with E-state index in [0.29, 0.717) is 0 Å². The van der Waals surface area contributed by atoms with Gasteiger partial charge >= 0.3 is 0 Å². The first-order valence-electron chi connectivity index (χ1n) is 4.23. The second-order valence-electron chi connectivity index (χ2n) is 3.30. The standard InChI is InChI=1S/C11H11B/c1-8-5-6-10-9(7-8)3-2-4-11(10)12/h2-7H,12H2,1H3. The summed E-state index contributed by atoms with van der Waals surface area (Å²) in [7, 11) is 2.15. The largest absolute Gasteiger partial charge is 0.140 e. The number of benzene rings is 2. The molecule has 0 bridgehead atoms. The van der Waals surface area contributed by atoms with Gasteiger partial charge in [-0.05, 0) is 17.7 Å². The Hall–Kier alpha value is -1.24. The van der Waals surface area contributed by atoms with Crippen molar-refractivity contribution in [3.05, 3.63) is 42.0 Å². The Kier molecular flexibility index (Phi) is 1.65. The van der Waals surface area contributed by atoms with Crippen LogP contribution >= 0.6 is 0 Å². The molecule has 0 aliphatic carbocycles. The second kappa shape index (κ2) is 2.67. The predicted molar refractivity (Wildman–Crippen MR) is 56.9 cm³/mol. The topological polar surface area (TPSA) is 0 Å². The van der Waals surface area contributed by atoms with E-state index >= 15 is 0 Å². The van der Waals surface area contributed by atoms with Crippen LogP contribution in [0.3, 0.4) is 0 Å². The molecular weight excluding hydrogens is 143 g/mol. The van der Waals surface area contributed by atoms with E-state index in [4.69, 9.17) is 0 Å². The van der Waals surface area contributed by atoms with Crippen molar-refractivity contribution < 1.29 is 0 Å². The lowest BCUT2D eigenvalue weighted by Crippen LogP contribution is -2.02. The summed E-state index contributed by atoms with van der Waals surface area (Å²) in [5, 5.41) is 2.71. The van der Waals surface area contributed by atoms with Crippen LogP contribution in [0.2, 0.25) is 0 Å². The van der Waals surface area contributed by atoms with Crippen LogP contribution in [0.5, 0.6) is 0 Å². The molecule has 0 N–H and O–H groups in total. The van der Waals surface area contributed by atoms with Crippen molar-refractivity contribution in [3.63, 3.8) is 0 Å². The second-order valence-corrected chi connectivity index (χ2v) is 3.30. The molecule has 2 aromatic carbocycles. The van der Waals surface area contributed by atoms with E-state index < -0.39 is 0 Å². The molecule has 0 saturated carbocycles. The van der Waals surface area contributed by atoms with E-state index in [2.05, 4.69) is 51.2 Å². The number of hydrogen-bond donors (Lipinski definition) is 0. The fourth-order valence-corrected chi connectivity index (χ4v) is 1.57. The van der Waals surface area contributed by atoms with Crippen molar-refractivity contribution in [2.45, 2.75) is 6.92 Å². The lowest BCUT2D eigenvalue weighted by Gasteiger charge is -2.01. The normalized spacial score (nSPS) is 10.4. The molecule has 1 heteroatoms. The van der Waals surface area contributed by atoms with Gasteiger partial charge in [-0.2, -0.15) is 0 Å². The molecule has 0 nitrogen and oxygen atoms in total. The third kappa shape index (κ3) is 1.12. The van der Waals surface area contributed by atoms with E-state index in [-0.39, 0.29) is 0 Å². The van der Waals surface area contributed by atoms with Crippen LogP contribution in [0.1, 0.15) is 5.56 Å². The average molecular weight is 154 g/mol. The number of hydrogen-bond acceptors (Lipinski definition) is 0. The summed E-state index contributed by atoms with van der Waals surface area (Å²) in [4.78, 5) is 0. The monoisotopic (exact) mass is 154 g/mol. The molecule has 0 saturated heterocycles. The Bertz CT molecular complexity index is 418. The van der Waals surface area contributed by atoms with Gasteiger partial charge in [-0.1, -0.05) is 47.4 Å².